The minimum Gasteiger partial charge on any atom is -0.248 e. The van der Waals surface area contributed by atoms with Gasteiger partial charge in [0.05, 0.1) is 11.7 Å². The first kappa shape index (κ1) is 23.4. The molecule has 2 aromatic rings. The Morgan fingerprint density at radius 2 is 1.48 bits per heavy atom. The van der Waals surface area contributed by atoms with Crippen molar-refractivity contribution in [1.29, 1.82) is 0 Å². The minimum absolute atomic E-state index is 0.0785. The molecule has 0 radical (unpaired) electrons. The molecule has 0 N–H and O–H groups in total. The first-order chi connectivity index (χ1) is 14.0. The average molecular weight is 407 g/mol. The first-order valence-electron chi connectivity index (χ1n) is 10.9. The molecule has 1 aromatic carbocycles. The van der Waals surface area contributed by atoms with Gasteiger partial charge in [-0.05, 0) is 56.2 Å². The van der Waals surface area contributed by atoms with Gasteiger partial charge in [-0.15, -0.1) is 0 Å². The molecule has 0 aliphatic heterocycles. The van der Waals surface area contributed by atoms with E-state index in [1.807, 2.05) is 0 Å². The molecule has 2 nitrogen and oxygen atoms in total. The maximum absolute atomic E-state index is 14.5. The zero-order valence-corrected chi connectivity index (χ0v) is 17.7. The lowest BCUT2D eigenvalue weighted by Gasteiger charge is -2.09. The molecule has 0 saturated heterocycles. The third kappa shape index (κ3) is 7.79. The van der Waals surface area contributed by atoms with Gasteiger partial charge < -0.3 is 0 Å². The average Bonchev–Trinajstić information content (AvgIpc) is 2.71. The number of alkyl halides is 1. The first-order valence-corrected chi connectivity index (χ1v) is 10.9. The summed E-state index contributed by atoms with van der Waals surface area (Å²) in [6, 6.07) is 3.12. The van der Waals surface area contributed by atoms with E-state index in [-0.39, 0.29) is 11.4 Å². The number of hydrogen-bond donors (Lipinski definition) is 0. The second-order valence-corrected chi connectivity index (χ2v) is 7.86. The molecule has 0 spiro atoms. The van der Waals surface area contributed by atoms with Crippen molar-refractivity contribution in [3.63, 3.8) is 0 Å². The standard InChI is InChI=1S/C24H33F3N2/c1-3-4-5-6-7-8-12-19-16-28-24(29-17-19)21-15-14-20(22(26)23(21)27)13-10-9-11-18(2)25/h14-18H,3-13H2,1-2H3. The van der Waals surface area contributed by atoms with Crippen molar-refractivity contribution in [2.45, 2.75) is 90.6 Å². The highest BCUT2D eigenvalue weighted by Crippen LogP contribution is 2.25. The third-order valence-electron chi connectivity index (χ3n) is 5.23. The van der Waals surface area contributed by atoms with Crippen molar-refractivity contribution in [1.82, 2.24) is 9.97 Å². The van der Waals surface area contributed by atoms with Crippen LogP contribution in [-0.2, 0) is 12.8 Å². The fraction of sp³-hybridized carbons (Fsp3) is 0.583. The predicted octanol–water partition coefficient (Wildman–Crippen LogP) is 7.40. The molecule has 1 atom stereocenters. The maximum atomic E-state index is 14.5. The Balaban J connectivity index is 1.91. The van der Waals surface area contributed by atoms with Crippen LogP contribution in [0.1, 0.15) is 82.8 Å². The molecule has 5 heteroatoms. The summed E-state index contributed by atoms with van der Waals surface area (Å²) in [4.78, 5) is 8.49. The summed E-state index contributed by atoms with van der Waals surface area (Å²) >= 11 is 0. The van der Waals surface area contributed by atoms with Gasteiger partial charge in [0.25, 0.3) is 0 Å². The van der Waals surface area contributed by atoms with Crippen LogP contribution in [0.2, 0.25) is 0 Å². The van der Waals surface area contributed by atoms with E-state index in [1.54, 1.807) is 18.5 Å². The van der Waals surface area contributed by atoms with E-state index in [0.717, 1.165) is 18.4 Å². The molecule has 160 valence electrons. The molecule has 1 aromatic heterocycles. The Morgan fingerprint density at radius 1 is 0.828 bits per heavy atom. The predicted molar refractivity (Wildman–Crippen MR) is 113 cm³/mol. The number of benzene rings is 1. The third-order valence-corrected chi connectivity index (χ3v) is 5.23. The van der Waals surface area contributed by atoms with E-state index in [9.17, 15) is 13.2 Å². The van der Waals surface area contributed by atoms with Gasteiger partial charge in [-0.1, -0.05) is 51.5 Å². The highest BCUT2D eigenvalue weighted by Gasteiger charge is 2.16. The highest BCUT2D eigenvalue weighted by molar-refractivity contribution is 5.56. The topological polar surface area (TPSA) is 25.8 Å². The van der Waals surface area contributed by atoms with Gasteiger partial charge >= 0.3 is 0 Å². The summed E-state index contributed by atoms with van der Waals surface area (Å²) in [5, 5.41) is 0. The molecular weight excluding hydrogens is 373 g/mol. The van der Waals surface area contributed by atoms with Gasteiger partial charge in [-0.2, -0.15) is 0 Å². The van der Waals surface area contributed by atoms with Crippen LogP contribution in [0.5, 0.6) is 0 Å². The Labute approximate surface area is 173 Å². The molecule has 0 amide bonds. The Kier molecular flexibility index (Phi) is 10.2. The Hall–Kier alpha value is -1.91. The zero-order valence-electron chi connectivity index (χ0n) is 17.7. The van der Waals surface area contributed by atoms with Crippen LogP contribution in [0.3, 0.4) is 0 Å². The van der Waals surface area contributed by atoms with Gasteiger partial charge in [-0.25, -0.2) is 23.1 Å². The molecule has 1 unspecified atom stereocenters. The molecule has 0 saturated carbocycles. The lowest BCUT2D eigenvalue weighted by Crippen LogP contribution is -2.01. The van der Waals surface area contributed by atoms with Crippen molar-refractivity contribution in [2.75, 3.05) is 0 Å². The molecule has 29 heavy (non-hydrogen) atoms. The second kappa shape index (κ2) is 12.6. The van der Waals surface area contributed by atoms with E-state index in [4.69, 9.17) is 0 Å². The van der Waals surface area contributed by atoms with Crippen LogP contribution in [0, 0.1) is 11.6 Å². The van der Waals surface area contributed by atoms with Crippen molar-refractivity contribution in [3.05, 3.63) is 47.3 Å². The van der Waals surface area contributed by atoms with E-state index in [1.165, 1.54) is 45.1 Å². The molecule has 0 aliphatic carbocycles. The quantitative estimate of drug-likeness (QED) is 0.324. The minimum atomic E-state index is -0.912. The second-order valence-electron chi connectivity index (χ2n) is 7.86. The van der Waals surface area contributed by atoms with Crippen LogP contribution in [-0.4, -0.2) is 16.1 Å². The Morgan fingerprint density at radius 3 is 2.17 bits per heavy atom. The summed E-state index contributed by atoms with van der Waals surface area (Å²) in [5.41, 5.74) is 1.41. The number of hydrogen-bond acceptors (Lipinski definition) is 2. The molecule has 0 fully saturated rings. The number of unbranched alkanes of at least 4 members (excludes halogenated alkanes) is 6. The zero-order chi connectivity index (χ0) is 21.1. The smallest absolute Gasteiger partial charge is 0.170 e. The van der Waals surface area contributed by atoms with Gasteiger partial charge in [-0.3, -0.25) is 0 Å². The lowest BCUT2D eigenvalue weighted by atomic mass is 10.0. The normalized spacial score (nSPS) is 12.3. The number of rotatable bonds is 13. The van der Waals surface area contributed by atoms with Crippen molar-refractivity contribution >= 4 is 0 Å². The largest absolute Gasteiger partial charge is 0.248 e. The fourth-order valence-corrected chi connectivity index (χ4v) is 3.43. The number of halogens is 3. The number of aryl methyl sites for hydroxylation is 2. The van der Waals surface area contributed by atoms with Gasteiger partial charge in [0.15, 0.2) is 17.5 Å². The lowest BCUT2D eigenvalue weighted by molar-refractivity contribution is 0.331. The monoisotopic (exact) mass is 406 g/mol. The number of aromatic nitrogens is 2. The van der Waals surface area contributed by atoms with Crippen LogP contribution in [0.25, 0.3) is 11.4 Å². The van der Waals surface area contributed by atoms with Crippen LogP contribution >= 0.6 is 0 Å². The van der Waals surface area contributed by atoms with Crippen molar-refractivity contribution in [3.8, 4) is 11.4 Å². The molecule has 0 bridgehead atoms. The fourth-order valence-electron chi connectivity index (χ4n) is 3.43. The number of nitrogens with zero attached hydrogens (tertiary/aromatic N) is 2. The molecule has 2 rings (SSSR count). The molecule has 1 heterocycles. The van der Waals surface area contributed by atoms with Crippen molar-refractivity contribution in [2.24, 2.45) is 0 Å². The van der Waals surface area contributed by atoms with Gasteiger partial charge in [0.1, 0.15) is 0 Å². The summed E-state index contributed by atoms with van der Waals surface area (Å²) < 4.78 is 41.7. The van der Waals surface area contributed by atoms with Crippen LogP contribution in [0.15, 0.2) is 24.5 Å². The highest BCUT2D eigenvalue weighted by atomic mass is 19.2. The summed E-state index contributed by atoms with van der Waals surface area (Å²) in [6.45, 7) is 3.71. The molecular formula is C24H33F3N2. The van der Waals surface area contributed by atoms with E-state index >= 15 is 0 Å². The Bertz CT molecular complexity index is 730. The van der Waals surface area contributed by atoms with Crippen LogP contribution < -0.4 is 0 Å². The van der Waals surface area contributed by atoms with Crippen molar-refractivity contribution < 1.29 is 13.2 Å². The SMILES string of the molecule is CCCCCCCCc1cnc(-c2ccc(CCCCC(C)F)c(F)c2F)nc1. The van der Waals surface area contributed by atoms with Gasteiger partial charge in [0, 0.05) is 12.4 Å². The van der Waals surface area contributed by atoms with E-state index < -0.39 is 17.8 Å². The summed E-state index contributed by atoms with van der Waals surface area (Å²) in [5.74, 6) is -1.56. The van der Waals surface area contributed by atoms with Gasteiger partial charge in [0.2, 0.25) is 0 Å². The molecule has 0 aliphatic rings. The van der Waals surface area contributed by atoms with E-state index in [0.29, 0.717) is 31.2 Å². The summed E-state index contributed by atoms with van der Waals surface area (Å²) in [6.07, 6.45) is 12.9. The summed E-state index contributed by atoms with van der Waals surface area (Å²) in [7, 11) is 0. The maximum Gasteiger partial charge on any atom is 0.170 e. The van der Waals surface area contributed by atoms with Crippen LogP contribution in [0.4, 0.5) is 13.2 Å². The van der Waals surface area contributed by atoms with E-state index in [2.05, 4.69) is 16.9 Å².